The minimum Gasteiger partial charge on any atom is -0.368 e. The molecular formula is C12H23N5. The van der Waals surface area contributed by atoms with Gasteiger partial charge in [-0.2, -0.15) is 4.98 Å². The maximum Gasteiger partial charge on any atom is 0.222 e. The molecule has 0 radical (unpaired) electrons. The molecule has 5 nitrogen and oxygen atoms in total. The minimum absolute atomic E-state index is 0.319. The Bertz CT molecular complexity index is 342. The van der Waals surface area contributed by atoms with Crippen molar-refractivity contribution in [1.29, 1.82) is 0 Å². The monoisotopic (exact) mass is 237 g/mol. The largest absolute Gasteiger partial charge is 0.368 e. The normalized spacial score (nSPS) is 13.1. The highest BCUT2D eigenvalue weighted by atomic mass is 15.1. The van der Waals surface area contributed by atoms with Gasteiger partial charge < -0.3 is 16.0 Å². The molecule has 96 valence electrons. The molecule has 0 amide bonds. The Hall–Kier alpha value is -1.36. The van der Waals surface area contributed by atoms with Crippen molar-refractivity contribution >= 4 is 11.8 Å². The first-order valence-corrected chi connectivity index (χ1v) is 5.91. The van der Waals surface area contributed by atoms with Gasteiger partial charge in [-0.25, -0.2) is 4.98 Å². The van der Waals surface area contributed by atoms with E-state index in [-0.39, 0.29) is 0 Å². The first-order chi connectivity index (χ1) is 7.88. The molecule has 17 heavy (non-hydrogen) atoms. The number of nitrogens with zero attached hydrogens (tertiary/aromatic N) is 3. The molecule has 0 spiro atoms. The van der Waals surface area contributed by atoms with E-state index in [2.05, 4.69) is 48.1 Å². The lowest BCUT2D eigenvalue weighted by Crippen LogP contribution is -2.36. The summed E-state index contributed by atoms with van der Waals surface area (Å²) in [6, 6.07) is 2.26. The van der Waals surface area contributed by atoms with Crippen LogP contribution in [0.25, 0.3) is 0 Å². The van der Waals surface area contributed by atoms with Crippen LogP contribution in [0.3, 0.4) is 0 Å². The summed E-state index contributed by atoms with van der Waals surface area (Å²) in [5.41, 5.74) is 6.52. The van der Waals surface area contributed by atoms with E-state index in [9.17, 15) is 0 Å². The van der Waals surface area contributed by atoms with Crippen molar-refractivity contribution < 1.29 is 0 Å². The highest BCUT2D eigenvalue weighted by Gasteiger charge is 2.15. The molecule has 0 bridgehead atoms. The highest BCUT2D eigenvalue weighted by molar-refractivity contribution is 5.41. The van der Waals surface area contributed by atoms with Gasteiger partial charge in [0.15, 0.2) is 0 Å². The lowest BCUT2D eigenvalue weighted by Gasteiger charge is -2.26. The lowest BCUT2D eigenvalue weighted by atomic mass is 10.0. The van der Waals surface area contributed by atoms with Gasteiger partial charge in [-0.1, -0.05) is 13.8 Å². The van der Waals surface area contributed by atoms with Gasteiger partial charge in [0, 0.05) is 24.3 Å². The predicted molar refractivity (Wildman–Crippen MR) is 72.0 cm³/mol. The van der Waals surface area contributed by atoms with Crippen LogP contribution in [-0.4, -0.2) is 41.5 Å². The van der Waals surface area contributed by atoms with E-state index in [0.29, 0.717) is 17.9 Å². The van der Waals surface area contributed by atoms with Crippen molar-refractivity contribution in [3.63, 3.8) is 0 Å². The fraction of sp³-hybridized carbons (Fsp3) is 0.667. The summed E-state index contributed by atoms with van der Waals surface area (Å²) in [6.07, 6.45) is 0. The van der Waals surface area contributed by atoms with Crippen molar-refractivity contribution in [3.8, 4) is 0 Å². The summed E-state index contributed by atoms with van der Waals surface area (Å²) in [4.78, 5) is 10.4. The number of hydrogen-bond donors (Lipinski definition) is 2. The van der Waals surface area contributed by atoms with Crippen LogP contribution in [0.5, 0.6) is 0 Å². The van der Waals surface area contributed by atoms with Crippen molar-refractivity contribution in [1.82, 2.24) is 14.9 Å². The van der Waals surface area contributed by atoms with Crippen LogP contribution >= 0.6 is 0 Å². The SMILES string of the molecule is Cc1cc(NC(CN(C)C)C(C)C)nc(N)n1. The van der Waals surface area contributed by atoms with Crippen molar-refractivity contribution in [2.75, 3.05) is 31.7 Å². The molecule has 1 aromatic rings. The van der Waals surface area contributed by atoms with E-state index in [4.69, 9.17) is 5.73 Å². The topological polar surface area (TPSA) is 67.1 Å². The van der Waals surface area contributed by atoms with E-state index in [1.54, 1.807) is 0 Å². The van der Waals surface area contributed by atoms with Crippen LogP contribution in [0.1, 0.15) is 19.5 Å². The van der Waals surface area contributed by atoms with Crippen molar-refractivity contribution in [2.24, 2.45) is 5.92 Å². The Balaban J connectivity index is 2.78. The number of rotatable bonds is 5. The zero-order valence-electron chi connectivity index (χ0n) is 11.4. The standard InChI is InChI=1S/C12H23N5/c1-8(2)10(7-17(4)5)15-11-6-9(3)14-12(13)16-11/h6,8,10H,7H2,1-5H3,(H3,13,14,15,16). The van der Waals surface area contributed by atoms with Crippen molar-refractivity contribution in [3.05, 3.63) is 11.8 Å². The van der Waals surface area contributed by atoms with Crippen LogP contribution in [0.2, 0.25) is 0 Å². The van der Waals surface area contributed by atoms with Crippen molar-refractivity contribution in [2.45, 2.75) is 26.8 Å². The fourth-order valence-electron chi connectivity index (χ4n) is 1.67. The molecule has 0 aliphatic carbocycles. The molecule has 1 unspecified atom stereocenters. The first kappa shape index (κ1) is 13.7. The van der Waals surface area contributed by atoms with E-state index < -0.39 is 0 Å². The Morgan fingerprint density at radius 3 is 2.47 bits per heavy atom. The molecule has 1 atom stereocenters. The van der Waals surface area contributed by atoms with E-state index >= 15 is 0 Å². The summed E-state index contributed by atoms with van der Waals surface area (Å²) in [5, 5.41) is 3.42. The van der Waals surface area contributed by atoms with Gasteiger partial charge in [0.2, 0.25) is 5.95 Å². The third-order valence-electron chi connectivity index (χ3n) is 2.57. The first-order valence-electron chi connectivity index (χ1n) is 5.91. The molecule has 1 aromatic heterocycles. The van der Waals surface area contributed by atoms with Crippen LogP contribution < -0.4 is 11.1 Å². The van der Waals surface area contributed by atoms with Gasteiger partial charge in [0.05, 0.1) is 0 Å². The van der Waals surface area contributed by atoms with E-state index in [0.717, 1.165) is 18.1 Å². The number of nitrogen functional groups attached to an aromatic ring is 1. The smallest absolute Gasteiger partial charge is 0.222 e. The van der Waals surface area contributed by atoms with Gasteiger partial charge in [-0.05, 0) is 26.9 Å². The average molecular weight is 237 g/mol. The molecule has 0 aliphatic rings. The maximum absolute atomic E-state index is 5.64. The Morgan fingerprint density at radius 2 is 2.00 bits per heavy atom. The summed E-state index contributed by atoms with van der Waals surface area (Å²) < 4.78 is 0. The third kappa shape index (κ3) is 4.56. The predicted octanol–water partition coefficient (Wildman–Crippen LogP) is 1.37. The van der Waals surface area contributed by atoms with Gasteiger partial charge in [-0.15, -0.1) is 0 Å². The molecule has 0 aliphatic heterocycles. The lowest BCUT2D eigenvalue weighted by molar-refractivity contribution is 0.344. The maximum atomic E-state index is 5.64. The summed E-state index contributed by atoms with van der Waals surface area (Å²) in [5.74, 6) is 1.64. The zero-order valence-corrected chi connectivity index (χ0v) is 11.4. The fourth-order valence-corrected chi connectivity index (χ4v) is 1.67. The number of aryl methyl sites for hydroxylation is 1. The molecule has 1 rings (SSSR count). The minimum atomic E-state index is 0.319. The molecule has 0 saturated heterocycles. The summed E-state index contributed by atoms with van der Waals surface area (Å²) >= 11 is 0. The number of hydrogen-bond acceptors (Lipinski definition) is 5. The quantitative estimate of drug-likeness (QED) is 0.809. The van der Waals surface area contributed by atoms with Crippen LogP contribution in [0.15, 0.2) is 6.07 Å². The molecule has 1 heterocycles. The molecular weight excluding hydrogens is 214 g/mol. The van der Waals surface area contributed by atoms with Gasteiger partial charge in [0.25, 0.3) is 0 Å². The molecule has 0 aromatic carbocycles. The number of likely N-dealkylation sites (N-methyl/N-ethyl adjacent to an activating group) is 1. The number of anilines is 2. The Labute approximate surface area is 103 Å². The summed E-state index contributed by atoms with van der Waals surface area (Å²) in [7, 11) is 4.13. The molecule has 0 saturated carbocycles. The van der Waals surface area contributed by atoms with Crippen LogP contribution in [-0.2, 0) is 0 Å². The van der Waals surface area contributed by atoms with E-state index in [1.165, 1.54) is 0 Å². The molecule has 5 heteroatoms. The second kappa shape index (κ2) is 5.82. The number of nitrogens with one attached hydrogen (secondary N) is 1. The van der Waals surface area contributed by atoms with Gasteiger partial charge in [0.1, 0.15) is 5.82 Å². The Morgan fingerprint density at radius 1 is 1.35 bits per heavy atom. The second-order valence-corrected chi connectivity index (χ2v) is 5.01. The van der Waals surface area contributed by atoms with Crippen LogP contribution in [0.4, 0.5) is 11.8 Å². The average Bonchev–Trinajstić information content (AvgIpc) is 2.13. The third-order valence-corrected chi connectivity index (χ3v) is 2.57. The van der Waals surface area contributed by atoms with E-state index in [1.807, 2.05) is 13.0 Å². The molecule has 0 fully saturated rings. The number of nitrogens with two attached hydrogens (primary N) is 1. The zero-order chi connectivity index (χ0) is 13.0. The van der Waals surface area contributed by atoms with Gasteiger partial charge in [-0.3, -0.25) is 0 Å². The van der Waals surface area contributed by atoms with Crippen LogP contribution in [0, 0.1) is 12.8 Å². The van der Waals surface area contributed by atoms with Gasteiger partial charge >= 0.3 is 0 Å². The Kier molecular flexibility index (Phi) is 4.69. The molecule has 3 N–H and O–H groups in total. The highest BCUT2D eigenvalue weighted by Crippen LogP contribution is 2.13. The summed E-state index contributed by atoms with van der Waals surface area (Å²) in [6.45, 7) is 7.26. The number of aromatic nitrogens is 2. The second-order valence-electron chi connectivity index (χ2n) is 5.01.